The molecule has 2 rings (SSSR count). The van der Waals surface area contributed by atoms with E-state index >= 15 is 0 Å². The average Bonchev–Trinajstić information content (AvgIpc) is 2.94. The molecular weight excluding hydrogens is 527 g/mol. The van der Waals surface area contributed by atoms with Crippen molar-refractivity contribution in [2.24, 2.45) is 12.0 Å². The van der Waals surface area contributed by atoms with E-state index in [1.165, 1.54) is 18.4 Å². The smallest absolute Gasteiger partial charge is 0.194 e. The van der Waals surface area contributed by atoms with Crippen LogP contribution in [0.5, 0.6) is 5.75 Å². The first-order valence-electron chi connectivity index (χ1n) is 8.93. The maximum absolute atomic E-state index is 11.5. The molecule has 0 atom stereocenters. The fourth-order valence-corrected chi connectivity index (χ4v) is 3.51. The van der Waals surface area contributed by atoms with E-state index in [0.717, 1.165) is 18.2 Å². The van der Waals surface area contributed by atoms with E-state index in [4.69, 9.17) is 16.3 Å². The zero-order chi connectivity index (χ0) is 20.7. The van der Waals surface area contributed by atoms with Crippen molar-refractivity contribution >= 4 is 51.4 Å². The molecule has 0 spiro atoms. The summed E-state index contributed by atoms with van der Waals surface area (Å²) in [4.78, 5) is 6.88. The van der Waals surface area contributed by atoms with Crippen LogP contribution in [-0.4, -0.2) is 56.8 Å². The normalized spacial score (nSPS) is 11.7. The van der Waals surface area contributed by atoms with E-state index in [1.54, 1.807) is 12.1 Å². The maximum Gasteiger partial charge on any atom is 0.194 e. The summed E-state index contributed by atoms with van der Waals surface area (Å²) in [6.45, 7) is 4.29. The molecule has 7 nitrogen and oxygen atoms in total. The molecule has 29 heavy (non-hydrogen) atoms. The van der Waals surface area contributed by atoms with Crippen LogP contribution in [0.15, 0.2) is 46.4 Å². The molecule has 0 aliphatic carbocycles. The Morgan fingerprint density at radius 1 is 1.31 bits per heavy atom. The van der Waals surface area contributed by atoms with Crippen molar-refractivity contribution in [1.29, 1.82) is 0 Å². The molecule has 0 aliphatic rings. The van der Waals surface area contributed by atoms with E-state index < -0.39 is 9.84 Å². The summed E-state index contributed by atoms with van der Waals surface area (Å²) in [6.07, 6.45) is 3.05. The Labute approximate surface area is 195 Å². The van der Waals surface area contributed by atoms with Gasteiger partial charge >= 0.3 is 0 Å². The molecule has 0 saturated heterocycles. The van der Waals surface area contributed by atoms with Crippen LogP contribution in [0, 0.1) is 0 Å². The molecule has 1 aromatic heterocycles. The van der Waals surface area contributed by atoms with Crippen LogP contribution < -0.4 is 10.1 Å². The monoisotopic (exact) mass is 554 g/mol. The summed E-state index contributed by atoms with van der Waals surface area (Å²) in [5, 5.41) is 3.97. The number of aromatic nitrogens is 1. The van der Waals surface area contributed by atoms with Crippen molar-refractivity contribution < 1.29 is 13.2 Å². The van der Waals surface area contributed by atoms with Crippen LogP contribution in [0.3, 0.4) is 0 Å². The van der Waals surface area contributed by atoms with Gasteiger partial charge in [-0.05, 0) is 37.3 Å². The number of nitrogens with one attached hydrogen (secondary N) is 1. The van der Waals surface area contributed by atoms with Crippen molar-refractivity contribution in [3.05, 3.63) is 47.2 Å². The predicted octanol–water partition coefficient (Wildman–Crippen LogP) is 3.18. The highest BCUT2D eigenvalue weighted by molar-refractivity contribution is 14.0. The van der Waals surface area contributed by atoms with E-state index in [2.05, 4.69) is 10.3 Å². The third kappa shape index (κ3) is 8.06. The number of nitrogens with zero attached hydrogens (tertiary/aromatic N) is 3. The molecule has 0 saturated carbocycles. The molecule has 0 bridgehead atoms. The van der Waals surface area contributed by atoms with E-state index in [1.807, 2.05) is 42.7 Å². The predicted molar refractivity (Wildman–Crippen MR) is 128 cm³/mol. The highest BCUT2D eigenvalue weighted by Gasteiger charge is 2.10. The Hall–Kier alpha value is -1.46. The summed E-state index contributed by atoms with van der Waals surface area (Å²) in [7, 11) is 0.725. The number of ether oxygens (including phenoxy) is 1. The fraction of sp³-hybridized carbons (Fsp3) is 0.421. The van der Waals surface area contributed by atoms with Gasteiger partial charge < -0.3 is 19.5 Å². The quantitative estimate of drug-likeness (QED) is 0.235. The molecular formula is C19H28ClIN4O3S. The molecule has 0 aliphatic heterocycles. The molecule has 0 amide bonds. The number of halogens is 2. The number of hydrogen-bond acceptors (Lipinski definition) is 4. The van der Waals surface area contributed by atoms with Gasteiger partial charge in [0, 0.05) is 38.8 Å². The molecule has 0 unspecified atom stereocenters. The molecule has 0 radical (unpaired) electrons. The van der Waals surface area contributed by atoms with Crippen LogP contribution in [-0.2, 0) is 23.4 Å². The first-order valence-corrected chi connectivity index (χ1v) is 11.2. The lowest BCUT2D eigenvalue weighted by Crippen LogP contribution is -2.39. The minimum Gasteiger partial charge on any atom is -0.492 e. The SMILES string of the molecule is CCNC(=NCCOc1ccc(S(C)(=O)=O)cc1)N(C)Cc1cc(Cl)cn1C.I. The van der Waals surface area contributed by atoms with Crippen molar-refractivity contribution in [3.8, 4) is 5.75 Å². The standard InChI is InChI=1S/C19H27ClN4O3S.HI/c1-5-21-19(24(3)14-16-12-15(20)13-23(16)2)22-10-11-27-17-6-8-18(9-7-17)28(4,25)26;/h6-9,12-13H,5,10-11,14H2,1-4H3,(H,21,22);1H. The Morgan fingerprint density at radius 3 is 2.48 bits per heavy atom. The van der Waals surface area contributed by atoms with Gasteiger partial charge in [-0.2, -0.15) is 0 Å². The van der Waals surface area contributed by atoms with Crippen LogP contribution in [0.1, 0.15) is 12.6 Å². The van der Waals surface area contributed by atoms with Crippen molar-refractivity contribution in [2.75, 3.05) is 33.0 Å². The highest BCUT2D eigenvalue weighted by Crippen LogP contribution is 2.16. The molecule has 1 heterocycles. The number of sulfone groups is 1. The molecule has 2 aromatic rings. The van der Waals surface area contributed by atoms with Crippen LogP contribution in [0.25, 0.3) is 0 Å². The summed E-state index contributed by atoms with van der Waals surface area (Å²) in [5.41, 5.74) is 1.08. The summed E-state index contributed by atoms with van der Waals surface area (Å²) in [5.74, 6) is 1.38. The Kier molecular flexibility index (Phi) is 10.3. The van der Waals surface area contributed by atoms with Crippen molar-refractivity contribution in [2.45, 2.75) is 18.4 Å². The summed E-state index contributed by atoms with van der Waals surface area (Å²) >= 11 is 6.05. The number of aliphatic imine (C=N–C) groups is 1. The average molecular weight is 555 g/mol. The van der Waals surface area contributed by atoms with Gasteiger partial charge in [-0.1, -0.05) is 11.6 Å². The number of aryl methyl sites for hydroxylation is 1. The second kappa shape index (κ2) is 11.7. The first kappa shape index (κ1) is 25.6. The van der Waals surface area contributed by atoms with Gasteiger partial charge in [-0.15, -0.1) is 24.0 Å². The molecule has 10 heteroatoms. The fourth-order valence-electron chi connectivity index (χ4n) is 2.61. The lowest BCUT2D eigenvalue weighted by atomic mass is 10.3. The molecule has 0 fully saturated rings. The van der Waals surface area contributed by atoms with Gasteiger partial charge in [0.1, 0.15) is 12.4 Å². The molecule has 1 aromatic carbocycles. The Bertz CT molecular complexity index is 914. The van der Waals surface area contributed by atoms with Gasteiger partial charge in [-0.25, -0.2) is 13.4 Å². The van der Waals surface area contributed by atoms with Gasteiger partial charge in [0.2, 0.25) is 0 Å². The zero-order valence-electron chi connectivity index (χ0n) is 17.1. The second-order valence-electron chi connectivity index (χ2n) is 6.44. The minimum absolute atomic E-state index is 0. The first-order chi connectivity index (χ1) is 13.2. The van der Waals surface area contributed by atoms with Gasteiger partial charge in [0.15, 0.2) is 15.8 Å². The number of benzene rings is 1. The highest BCUT2D eigenvalue weighted by atomic mass is 127. The largest absolute Gasteiger partial charge is 0.492 e. The van der Waals surface area contributed by atoms with Crippen molar-refractivity contribution in [1.82, 2.24) is 14.8 Å². The van der Waals surface area contributed by atoms with Crippen molar-refractivity contribution in [3.63, 3.8) is 0 Å². The number of hydrogen-bond donors (Lipinski definition) is 1. The molecule has 162 valence electrons. The minimum atomic E-state index is -3.20. The van der Waals surface area contributed by atoms with Crippen LogP contribution in [0.2, 0.25) is 5.02 Å². The lowest BCUT2D eigenvalue weighted by Gasteiger charge is -2.22. The zero-order valence-corrected chi connectivity index (χ0v) is 21.0. The van der Waals surface area contributed by atoms with Gasteiger partial charge in [0.25, 0.3) is 0 Å². The number of guanidine groups is 1. The van der Waals surface area contributed by atoms with Crippen LogP contribution >= 0.6 is 35.6 Å². The maximum atomic E-state index is 11.5. The lowest BCUT2D eigenvalue weighted by molar-refractivity contribution is 0.327. The van der Waals surface area contributed by atoms with E-state index in [-0.39, 0.29) is 28.9 Å². The topological polar surface area (TPSA) is 75.9 Å². The molecule has 1 N–H and O–H groups in total. The third-order valence-electron chi connectivity index (χ3n) is 4.04. The van der Waals surface area contributed by atoms with Gasteiger partial charge in [-0.3, -0.25) is 0 Å². The Balaban J connectivity index is 0.00000420. The number of rotatable bonds is 8. The van der Waals surface area contributed by atoms with Crippen LogP contribution in [0.4, 0.5) is 0 Å². The second-order valence-corrected chi connectivity index (χ2v) is 8.90. The summed E-state index contributed by atoms with van der Waals surface area (Å²) < 4.78 is 30.6. The Morgan fingerprint density at radius 2 is 1.97 bits per heavy atom. The summed E-state index contributed by atoms with van der Waals surface area (Å²) in [6, 6.07) is 8.31. The van der Waals surface area contributed by atoms with E-state index in [9.17, 15) is 8.42 Å². The van der Waals surface area contributed by atoms with E-state index in [0.29, 0.717) is 30.5 Å². The van der Waals surface area contributed by atoms with Gasteiger partial charge in [0.05, 0.1) is 23.0 Å². The third-order valence-corrected chi connectivity index (χ3v) is 5.38.